The van der Waals surface area contributed by atoms with Crippen LogP contribution in [0.1, 0.15) is 25.7 Å². The summed E-state index contributed by atoms with van der Waals surface area (Å²) in [5, 5.41) is 2.69. The Morgan fingerprint density at radius 3 is 2.55 bits per heavy atom. The predicted octanol–water partition coefficient (Wildman–Crippen LogP) is 0.506. The molecule has 1 aliphatic heterocycles. The first-order valence-electron chi connectivity index (χ1n) is 7.87. The SMILES string of the molecule is COCCOCC(=O)N1CCC(F)(C(=O)NCC2CC2)CC1. The van der Waals surface area contributed by atoms with Gasteiger partial charge >= 0.3 is 0 Å². The molecule has 7 heteroatoms. The number of hydrogen-bond donors (Lipinski definition) is 1. The largest absolute Gasteiger partial charge is 0.382 e. The summed E-state index contributed by atoms with van der Waals surface area (Å²) < 4.78 is 24.6. The third-order valence-corrected chi connectivity index (χ3v) is 4.22. The van der Waals surface area contributed by atoms with Crippen molar-refractivity contribution in [3.8, 4) is 0 Å². The van der Waals surface area contributed by atoms with Gasteiger partial charge in [0.1, 0.15) is 6.61 Å². The number of nitrogens with zero attached hydrogens (tertiary/aromatic N) is 1. The molecule has 1 saturated heterocycles. The average Bonchev–Trinajstić information content (AvgIpc) is 3.34. The molecule has 126 valence electrons. The number of rotatable bonds is 8. The molecule has 0 unspecified atom stereocenters. The molecule has 0 aromatic heterocycles. The molecule has 0 aromatic carbocycles. The first kappa shape index (κ1) is 17.1. The number of likely N-dealkylation sites (tertiary alicyclic amines) is 1. The molecule has 2 rings (SSSR count). The topological polar surface area (TPSA) is 67.9 Å². The van der Waals surface area contributed by atoms with Crippen molar-refractivity contribution in [2.24, 2.45) is 5.92 Å². The van der Waals surface area contributed by atoms with E-state index in [1.807, 2.05) is 0 Å². The smallest absolute Gasteiger partial charge is 0.257 e. The highest BCUT2D eigenvalue weighted by molar-refractivity contribution is 5.85. The summed E-state index contributed by atoms with van der Waals surface area (Å²) in [5.74, 6) is -0.169. The quantitative estimate of drug-likeness (QED) is 0.663. The summed E-state index contributed by atoms with van der Waals surface area (Å²) in [6.07, 6.45) is 2.33. The second kappa shape index (κ2) is 7.87. The van der Waals surface area contributed by atoms with Gasteiger partial charge in [0.2, 0.25) is 5.91 Å². The Morgan fingerprint density at radius 2 is 1.95 bits per heavy atom. The van der Waals surface area contributed by atoms with E-state index in [0.29, 0.717) is 25.7 Å². The van der Waals surface area contributed by atoms with E-state index >= 15 is 0 Å². The molecule has 0 atom stereocenters. The van der Waals surface area contributed by atoms with Gasteiger partial charge in [0.25, 0.3) is 5.91 Å². The molecule has 2 amide bonds. The number of nitrogens with one attached hydrogen (secondary N) is 1. The minimum absolute atomic E-state index is 0.0312. The van der Waals surface area contributed by atoms with Crippen LogP contribution < -0.4 is 5.32 Å². The summed E-state index contributed by atoms with van der Waals surface area (Å²) in [4.78, 5) is 25.4. The number of hydrogen-bond acceptors (Lipinski definition) is 4. The maximum Gasteiger partial charge on any atom is 0.257 e. The van der Waals surface area contributed by atoms with E-state index in [2.05, 4.69) is 5.32 Å². The highest BCUT2D eigenvalue weighted by Gasteiger charge is 2.42. The number of piperidine rings is 1. The molecular weight excluding hydrogens is 291 g/mol. The fourth-order valence-electron chi connectivity index (χ4n) is 2.45. The highest BCUT2D eigenvalue weighted by atomic mass is 19.1. The zero-order chi connectivity index (χ0) is 16.0. The van der Waals surface area contributed by atoms with Crippen LogP contribution in [0.25, 0.3) is 0 Å². The van der Waals surface area contributed by atoms with Gasteiger partial charge in [-0.2, -0.15) is 0 Å². The molecule has 0 aromatic rings. The molecule has 0 radical (unpaired) electrons. The Bertz CT molecular complexity index is 393. The van der Waals surface area contributed by atoms with Crippen molar-refractivity contribution in [3.05, 3.63) is 0 Å². The molecule has 0 spiro atoms. The number of alkyl halides is 1. The number of carbonyl (C=O) groups excluding carboxylic acids is 2. The summed E-state index contributed by atoms with van der Waals surface area (Å²) in [6, 6.07) is 0. The number of halogens is 1. The molecule has 2 aliphatic rings. The molecule has 1 aliphatic carbocycles. The molecular formula is C15H25FN2O4. The summed E-state index contributed by atoms with van der Waals surface area (Å²) >= 11 is 0. The van der Waals surface area contributed by atoms with Gasteiger partial charge < -0.3 is 19.7 Å². The number of amides is 2. The molecule has 1 N–H and O–H groups in total. The number of carbonyl (C=O) groups is 2. The highest BCUT2D eigenvalue weighted by Crippen LogP contribution is 2.30. The van der Waals surface area contributed by atoms with Crippen molar-refractivity contribution in [2.45, 2.75) is 31.4 Å². The Kier molecular flexibility index (Phi) is 6.14. The Morgan fingerprint density at radius 1 is 1.27 bits per heavy atom. The molecule has 2 fully saturated rings. The van der Waals surface area contributed by atoms with Crippen LogP contribution in [0.15, 0.2) is 0 Å². The van der Waals surface area contributed by atoms with E-state index in [-0.39, 0.29) is 38.4 Å². The first-order chi connectivity index (χ1) is 10.5. The van der Waals surface area contributed by atoms with Crippen LogP contribution in [-0.4, -0.2) is 68.9 Å². The standard InChI is InChI=1S/C15H25FN2O4/c1-21-8-9-22-11-13(19)18-6-4-15(16,5-7-18)14(20)17-10-12-2-3-12/h12H,2-11H2,1H3,(H,17,20). The molecule has 22 heavy (non-hydrogen) atoms. The van der Waals surface area contributed by atoms with Crippen molar-refractivity contribution in [1.29, 1.82) is 0 Å². The van der Waals surface area contributed by atoms with Gasteiger partial charge in [-0.1, -0.05) is 0 Å². The van der Waals surface area contributed by atoms with Gasteiger partial charge in [-0.15, -0.1) is 0 Å². The zero-order valence-electron chi connectivity index (χ0n) is 13.1. The monoisotopic (exact) mass is 316 g/mol. The lowest BCUT2D eigenvalue weighted by Gasteiger charge is -2.35. The molecule has 1 saturated carbocycles. The van der Waals surface area contributed by atoms with Crippen molar-refractivity contribution < 1.29 is 23.5 Å². The maximum atomic E-state index is 14.6. The zero-order valence-corrected chi connectivity index (χ0v) is 13.1. The minimum Gasteiger partial charge on any atom is -0.382 e. The van der Waals surface area contributed by atoms with Crippen LogP contribution in [0.5, 0.6) is 0 Å². The van der Waals surface area contributed by atoms with E-state index in [4.69, 9.17) is 9.47 Å². The van der Waals surface area contributed by atoms with E-state index in [0.717, 1.165) is 12.8 Å². The maximum absolute atomic E-state index is 14.6. The average molecular weight is 316 g/mol. The lowest BCUT2D eigenvalue weighted by molar-refractivity contribution is -0.145. The van der Waals surface area contributed by atoms with Gasteiger partial charge in [-0.3, -0.25) is 9.59 Å². The summed E-state index contributed by atoms with van der Waals surface area (Å²) in [7, 11) is 1.56. The van der Waals surface area contributed by atoms with Crippen LogP contribution in [0.2, 0.25) is 0 Å². The minimum atomic E-state index is -1.84. The van der Waals surface area contributed by atoms with Crippen LogP contribution >= 0.6 is 0 Å². The second-order valence-corrected chi connectivity index (χ2v) is 6.04. The fraction of sp³-hybridized carbons (Fsp3) is 0.867. The fourth-order valence-corrected chi connectivity index (χ4v) is 2.45. The summed E-state index contributed by atoms with van der Waals surface area (Å²) in [5.41, 5.74) is -1.84. The Labute approximate surface area is 130 Å². The van der Waals surface area contributed by atoms with Crippen molar-refractivity contribution in [2.75, 3.05) is 46.6 Å². The van der Waals surface area contributed by atoms with Gasteiger partial charge in [0.15, 0.2) is 5.67 Å². The Hall–Kier alpha value is -1.21. The lowest BCUT2D eigenvalue weighted by atomic mass is 9.92. The number of methoxy groups -OCH3 is 1. The second-order valence-electron chi connectivity index (χ2n) is 6.04. The van der Waals surface area contributed by atoms with Crippen molar-refractivity contribution in [3.63, 3.8) is 0 Å². The van der Waals surface area contributed by atoms with E-state index in [1.165, 1.54) is 0 Å². The van der Waals surface area contributed by atoms with Crippen LogP contribution in [0, 0.1) is 5.92 Å². The van der Waals surface area contributed by atoms with Crippen molar-refractivity contribution in [1.82, 2.24) is 10.2 Å². The van der Waals surface area contributed by atoms with Gasteiger partial charge in [-0.05, 0) is 18.8 Å². The first-order valence-corrected chi connectivity index (χ1v) is 7.87. The summed E-state index contributed by atoms with van der Waals surface area (Å²) in [6.45, 7) is 1.82. The van der Waals surface area contributed by atoms with E-state index < -0.39 is 11.6 Å². The van der Waals surface area contributed by atoms with E-state index in [1.54, 1.807) is 12.0 Å². The van der Waals surface area contributed by atoms with Crippen molar-refractivity contribution >= 4 is 11.8 Å². The van der Waals surface area contributed by atoms with Crippen LogP contribution in [0.3, 0.4) is 0 Å². The third-order valence-electron chi connectivity index (χ3n) is 4.22. The number of ether oxygens (including phenoxy) is 2. The van der Waals surface area contributed by atoms with E-state index in [9.17, 15) is 14.0 Å². The van der Waals surface area contributed by atoms with Gasteiger partial charge in [0.05, 0.1) is 13.2 Å². The van der Waals surface area contributed by atoms with Gasteiger partial charge in [0, 0.05) is 39.6 Å². The normalized spacial score (nSPS) is 20.7. The van der Waals surface area contributed by atoms with Gasteiger partial charge in [-0.25, -0.2) is 4.39 Å². The van der Waals surface area contributed by atoms with Crippen LogP contribution in [-0.2, 0) is 19.1 Å². The molecule has 6 nitrogen and oxygen atoms in total. The predicted molar refractivity (Wildman–Crippen MR) is 78.1 cm³/mol. The molecule has 1 heterocycles. The molecule has 0 bridgehead atoms. The Balaban J connectivity index is 1.68. The third kappa shape index (κ3) is 4.91. The van der Waals surface area contributed by atoms with Crippen LogP contribution in [0.4, 0.5) is 4.39 Å². The lowest BCUT2D eigenvalue weighted by Crippen LogP contribution is -2.53.